The molecule has 0 spiro atoms. The van der Waals surface area contributed by atoms with Crippen LogP contribution in [0.5, 0.6) is 0 Å². The average Bonchev–Trinajstić information content (AvgIpc) is 3.28. The summed E-state index contributed by atoms with van der Waals surface area (Å²) in [5.74, 6) is 2.18. The predicted octanol–water partition coefficient (Wildman–Crippen LogP) is 1.74. The van der Waals surface area contributed by atoms with Gasteiger partial charge in [0.1, 0.15) is 11.6 Å². The monoisotopic (exact) mass is 356 g/mol. The summed E-state index contributed by atoms with van der Waals surface area (Å²) in [6, 6.07) is 3.83. The molecule has 0 saturated carbocycles. The number of nitrogens with zero attached hydrogens (tertiary/aromatic N) is 6. The third-order valence-electron chi connectivity index (χ3n) is 5.55. The second kappa shape index (κ2) is 6.61. The fourth-order valence-corrected chi connectivity index (χ4v) is 4.00. The van der Waals surface area contributed by atoms with Gasteiger partial charge in [-0.1, -0.05) is 20.8 Å². The molecule has 1 saturated heterocycles. The van der Waals surface area contributed by atoms with Crippen molar-refractivity contribution >= 4 is 0 Å². The SMILES string of the molecule is CC(C)(C)c1ccc(=O)n(CC2CCCN2Cc2nnc3n2CCC3)n1. The number of aromatic nitrogens is 5. The maximum absolute atomic E-state index is 12.3. The lowest BCUT2D eigenvalue weighted by molar-refractivity contribution is 0.208. The molecule has 7 nitrogen and oxygen atoms in total. The van der Waals surface area contributed by atoms with Crippen LogP contribution in [0.3, 0.4) is 0 Å². The van der Waals surface area contributed by atoms with Gasteiger partial charge in [-0.15, -0.1) is 10.2 Å². The van der Waals surface area contributed by atoms with E-state index in [1.807, 2.05) is 6.07 Å². The molecule has 2 aromatic rings. The minimum atomic E-state index is -0.0626. The Kier molecular flexibility index (Phi) is 4.42. The van der Waals surface area contributed by atoms with Crippen LogP contribution in [0.1, 0.15) is 57.4 Å². The fourth-order valence-electron chi connectivity index (χ4n) is 4.00. The van der Waals surface area contributed by atoms with Crippen molar-refractivity contribution < 1.29 is 0 Å². The molecule has 0 aliphatic carbocycles. The second-order valence-corrected chi connectivity index (χ2v) is 8.54. The largest absolute Gasteiger partial charge is 0.314 e. The van der Waals surface area contributed by atoms with Crippen LogP contribution in [0.25, 0.3) is 0 Å². The van der Waals surface area contributed by atoms with Gasteiger partial charge in [-0.05, 0) is 31.9 Å². The van der Waals surface area contributed by atoms with E-state index in [0.29, 0.717) is 12.6 Å². The van der Waals surface area contributed by atoms with Crippen LogP contribution < -0.4 is 5.56 Å². The van der Waals surface area contributed by atoms with Crippen LogP contribution in [0, 0.1) is 0 Å². The zero-order valence-electron chi connectivity index (χ0n) is 16.0. The van der Waals surface area contributed by atoms with Gasteiger partial charge in [-0.2, -0.15) is 5.10 Å². The molecular weight excluding hydrogens is 328 g/mol. The van der Waals surface area contributed by atoms with Gasteiger partial charge in [-0.3, -0.25) is 9.69 Å². The molecule has 1 unspecified atom stereocenters. The summed E-state index contributed by atoms with van der Waals surface area (Å²) in [5.41, 5.74) is 0.873. The maximum atomic E-state index is 12.3. The van der Waals surface area contributed by atoms with E-state index >= 15 is 0 Å². The molecule has 1 atom stereocenters. The Labute approximate surface area is 154 Å². The standard InChI is InChI=1S/C19H28N6O/c1-19(2,3)15-8-9-18(26)25(22-15)12-14-6-4-10-23(14)13-17-21-20-16-7-5-11-24(16)17/h8-9,14H,4-7,10-13H2,1-3H3. The first-order valence-corrected chi connectivity index (χ1v) is 9.65. The molecule has 1 fully saturated rings. The van der Waals surface area contributed by atoms with E-state index in [1.165, 1.54) is 6.42 Å². The minimum absolute atomic E-state index is 0.0202. The molecule has 2 aliphatic heterocycles. The van der Waals surface area contributed by atoms with E-state index in [1.54, 1.807) is 10.7 Å². The molecule has 7 heteroatoms. The Morgan fingerprint density at radius 1 is 1.15 bits per heavy atom. The van der Waals surface area contributed by atoms with Crippen LogP contribution in [-0.4, -0.2) is 42.0 Å². The zero-order chi connectivity index (χ0) is 18.3. The molecule has 26 heavy (non-hydrogen) atoms. The lowest BCUT2D eigenvalue weighted by atomic mass is 9.92. The highest BCUT2D eigenvalue weighted by Gasteiger charge is 2.28. The van der Waals surface area contributed by atoms with Crippen molar-refractivity contribution in [2.75, 3.05) is 6.54 Å². The Hall–Kier alpha value is -2.02. The van der Waals surface area contributed by atoms with Gasteiger partial charge in [0.25, 0.3) is 5.56 Å². The Morgan fingerprint density at radius 3 is 2.81 bits per heavy atom. The Bertz CT molecular complexity index is 846. The number of hydrogen-bond donors (Lipinski definition) is 0. The van der Waals surface area contributed by atoms with E-state index in [2.05, 4.69) is 45.5 Å². The number of likely N-dealkylation sites (tertiary alicyclic amines) is 1. The van der Waals surface area contributed by atoms with Crippen molar-refractivity contribution in [3.63, 3.8) is 0 Å². The summed E-state index contributed by atoms with van der Waals surface area (Å²) >= 11 is 0. The molecule has 4 heterocycles. The van der Waals surface area contributed by atoms with Gasteiger partial charge in [0.05, 0.1) is 18.8 Å². The number of aryl methyl sites for hydroxylation is 1. The highest BCUT2D eigenvalue weighted by atomic mass is 16.1. The molecule has 2 aromatic heterocycles. The average molecular weight is 356 g/mol. The van der Waals surface area contributed by atoms with Gasteiger partial charge in [-0.25, -0.2) is 4.68 Å². The number of hydrogen-bond acceptors (Lipinski definition) is 5. The number of rotatable bonds is 4. The van der Waals surface area contributed by atoms with Crippen molar-refractivity contribution in [3.05, 3.63) is 39.8 Å². The molecule has 0 N–H and O–H groups in total. The van der Waals surface area contributed by atoms with Gasteiger partial charge >= 0.3 is 0 Å². The van der Waals surface area contributed by atoms with E-state index < -0.39 is 0 Å². The van der Waals surface area contributed by atoms with Crippen molar-refractivity contribution in [3.8, 4) is 0 Å². The molecule has 2 aliphatic rings. The fraction of sp³-hybridized carbons (Fsp3) is 0.684. The van der Waals surface area contributed by atoms with E-state index in [0.717, 1.165) is 56.2 Å². The number of fused-ring (bicyclic) bond motifs is 1. The summed E-state index contributed by atoms with van der Waals surface area (Å²) in [7, 11) is 0. The minimum Gasteiger partial charge on any atom is -0.314 e. The van der Waals surface area contributed by atoms with Gasteiger partial charge in [0, 0.05) is 30.5 Å². The van der Waals surface area contributed by atoms with Crippen molar-refractivity contribution in [2.24, 2.45) is 0 Å². The predicted molar refractivity (Wildman–Crippen MR) is 99.0 cm³/mol. The zero-order valence-corrected chi connectivity index (χ0v) is 16.0. The molecule has 0 amide bonds. The highest BCUT2D eigenvalue weighted by Crippen LogP contribution is 2.23. The highest BCUT2D eigenvalue weighted by molar-refractivity contribution is 5.11. The van der Waals surface area contributed by atoms with E-state index in [-0.39, 0.29) is 11.0 Å². The summed E-state index contributed by atoms with van der Waals surface area (Å²) in [6.07, 6.45) is 4.45. The van der Waals surface area contributed by atoms with Crippen molar-refractivity contribution in [2.45, 2.75) is 77.5 Å². The molecule has 4 rings (SSSR count). The van der Waals surface area contributed by atoms with Gasteiger partial charge < -0.3 is 4.57 Å². The Balaban J connectivity index is 1.51. The second-order valence-electron chi connectivity index (χ2n) is 8.54. The first kappa shape index (κ1) is 17.4. The molecular formula is C19H28N6O. The lowest BCUT2D eigenvalue weighted by Gasteiger charge is -2.25. The molecule has 0 aromatic carbocycles. The van der Waals surface area contributed by atoms with Crippen LogP contribution >= 0.6 is 0 Å². The van der Waals surface area contributed by atoms with Crippen LogP contribution in [0.4, 0.5) is 0 Å². The van der Waals surface area contributed by atoms with Crippen molar-refractivity contribution in [1.82, 2.24) is 29.4 Å². The molecule has 0 radical (unpaired) electrons. The third-order valence-corrected chi connectivity index (χ3v) is 5.55. The normalized spacial score (nSPS) is 20.7. The first-order chi connectivity index (χ1) is 12.4. The smallest absolute Gasteiger partial charge is 0.266 e. The third kappa shape index (κ3) is 3.32. The topological polar surface area (TPSA) is 68.8 Å². The molecule has 140 valence electrons. The summed E-state index contributed by atoms with van der Waals surface area (Å²) in [6.45, 7) is 9.90. The van der Waals surface area contributed by atoms with Gasteiger partial charge in [0.15, 0.2) is 0 Å². The Morgan fingerprint density at radius 2 is 2.00 bits per heavy atom. The molecule has 0 bridgehead atoms. The maximum Gasteiger partial charge on any atom is 0.266 e. The summed E-state index contributed by atoms with van der Waals surface area (Å²) in [5, 5.41) is 13.4. The summed E-state index contributed by atoms with van der Waals surface area (Å²) < 4.78 is 3.91. The van der Waals surface area contributed by atoms with Crippen LogP contribution in [0.2, 0.25) is 0 Å². The summed E-state index contributed by atoms with van der Waals surface area (Å²) in [4.78, 5) is 14.8. The first-order valence-electron chi connectivity index (χ1n) is 9.65. The van der Waals surface area contributed by atoms with Crippen LogP contribution in [0.15, 0.2) is 16.9 Å². The van der Waals surface area contributed by atoms with E-state index in [4.69, 9.17) is 0 Å². The van der Waals surface area contributed by atoms with Crippen LogP contribution in [-0.2, 0) is 31.5 Å². The lowest BCUT2D eigenvalue weighted by Crippen LogP contribution is -2.38. The van der Waals surface area contributed by atoms with E-state index in [9.17, 15) is 4.79 Å². The van der Waals surface area contributed by atoms with Gasteiger partial charge in [0.2, 0.25) is 0 Å². The quantitative estimate of drug-likeness (QED) is 0.835. The van der Waals surface area contributed by atoms with Crippen molar-refractivity contribution in [1.29, 1.82) is 0 Å².